The third-order valence-corrected chi connectivity index (χ3v) is 5.73. The van der Waals surface area contributed by atoms with Crippen molar-refractivity contribution in [3.8, 4) is 39.8 Å². The zero-order valence-electron chi connectivity index (χ0n) is 17.2. The van der Waals surface area contributed by atoms with Gasteiger partial charge in [0.05, 0.1) is 12.6 Å². The first-order chi connectivity index (χ1) is 15.7. The van der Waals surface area contributed by atoms with Gasteiger partial charge in [0.15, 0.2) is 11.5 Å². The number of rotatable bonds is 4. The van der Waals surface area contributed by atoms with Gasteiger partial charge in [0.25, 0.3) is 0 Å². The van der Waals surface area contributed by atoms with E-state index in [2.05, 4.69) is 14.8 Å². The van der Waals surface area contributed by atoms with Gasteiger partial charge in [0, 0.05) is 35.3 Å². The monoisotopic (exact) mass is 427 g/mol. The average Bonchev–Trinajstić information content (AvgIpc) is 3.46. The highest BCUT2D eigenvalue weighted by Crippen LogP contribution is 2.42. The number of aromatic nitrogens is 3. The molecule has 3 aliphatic heterocycles. The van der Waals surface area contributed by atoms with E-state index >= 15 is 0 Å². The summed E-state index contributed by atoms with van der Waals surface area (Å²) in [4.78, 5) is 0. The van der Waals surface area contributed by atoms with Crippen molar-refractivity contribution < 1.29 is 18.6 Å². The number of methoxy groups -OCH3 is 1. The van der Waals surface area contributed by atoms with Crippen LogP contribution >= 0.6 is 0 Å². The van der Waals surface area contributed by atoms with E-state index in [1.807, 2.05) is 42.6 Å². The lowest BCUT2D eigenvalue weighted by atomic mass is 10.0. The van der Waals surface area contributed by atoms with Crippen LogP contribution in [0.4, 0.5) is 4.39 Å². The van der Waals surface area contributed by atoms with Crippen molar-refractivity contribution in [1.82, 2.24) is 14.8 Å². The van der Waals surface area contributed by atoms with Crippen LogP contribution in [-0.4, -0.2) is 28.7 Å². The molecule has 0 fully saturated rings. The number of fused-ring (bicyclic) bond motifs is 4. The molecule has 3 aromatic rings. The molecule has 0 saturated heterocycles. The number of pyridine rings is 1. The first-order valence-corrected chi connectivity index (χ1v) is 10.2. The number of halogens is 1. The molecular formula is C25H18FN3O3. The summed E-state index contributed by atoms with van der Waals surface area (Å²) in [5.74, 6) is 1.91. The van der Waals surface area contributed by atoms with Crippen LogP contribution in [0.3, 0.4) is 0 Å². The fourth-order valence-electron chi connectivity index (χ4n) is 4.10. The van der Waals surface area contributed by atoms with Gasteiger partial charge in [-0.1, -0.05) is 12.1 Å². The summed E-state index contributed by atoms with van der Waals surface area (Å²) in [5, 5.41) is 9.93. The number of hydrogen-bond acceptors (Lipinski definition) is 5. The molecule has 0 unspecified atom stereocenters. The van der Waals surface area contributed by atoms with E-state index in [0.29, 0.717) is 18.0 Å². The van der Waals surface area contributed by atoms with Crippen LogP contribution in [0.2, 0.25) is 0 Å². The predicted octanol–water partition coefficient (Wildman–Crippen LogP) is 5.13. The molecule has 158 valence electrons. The molecule has 3 heterocycles. The molecule has 0 bridgehead atoms. The maximum Gasteiger partial charge on any atom is 0.231 e. The molecule has 0 radical (unpaired) electrons. The molecule has 0 aliphatic carbocycles. The van der Waals surface area contributed by atoms with Crippen LogP contribution in [0, 0.1) is 5.82 Å². The van der Waals surface area contributed by atoms with Gasteiger partial charge in [-0.2, -0.15) is 0 Å². The van der Waals surface area contributed by atoms with Gasteiger partial charge < -0.3 is 18.8 Å². The smallest absolute Gasteiger partial charge is 0.231 e. The SMILES string of the molecule is COc1ccc(-c2nnc3c4cc5c(cc4n(Cc4ccc(F)cc4)cc2-3)OCO5)cc1. The Morgan fingerprint density at radius 1 is 0.938 bits per heavy atom. The van der Waals surface area contributed by atoms with Crippen LogP contribution in [0.15, 0.2) is 66.9 Å². The summed E-state index contributed by atoms with van der Waals surface area (Å²) >= 11 is 0. The van der Waals surface area contributed by atoms with Crippen molar-refractivity contribution in [1.29, 1.82) is 0 Å². The maximum atomic E-state index is 13.4. The van der Waals surface area contributed by atoms with Crippen molar-refractivity contribution in [2.45, 2.75) is 6.54 Å². The molecule has 32 heavy (non-hydrogen) atoms. The standard InChI is InChI=1S/C25H18FN3O3/c1-30-18-8-4-16(5-9-18)24-20-13-29(12-15-2-6-17(26)7-3-15)21-11-23-22(31-14-32-23)10-19(21)25(20)28-27-24/h2-11,13H,12,14H2,1H3. The molecule has 0 saturated carbocycles. The van der Waals surface area contributed by atoms with Gasteiger partial charge in [-0.15, -0.1) is 10.2 Å². The van der Waals surface area contributed by atoms with E-state index in [0.717, 1.165) is 44.7 Å². The Hall–Kier alpha value is -4.13. The van der Waals surface area contributed by atoms with E-state index < -0.39 is 0 Å². The van der Waals surface area contributed by atoms with Crippen LogP contribution in [0.25, 0.3) is 33.4 Å². The number of ether oxygens (including phenoxy) is 3. The maximum absolute atomic E-state index is 13.4. The van der Waals surface area contributed by atoms with Crippen molar-refractivity contribution >= 4 is 10.9 Å². The minimum atomic E-state index is -0.256. The third kappa shape index (κ3) is 3.01. The van der Waals surface area contributed by atoms with Crippen LogP contribution in [0.5, 0.6) is 17.2 Å². The Bertz CT molecular complexity index is 1410. The number of nitrogens with zero attached hydrogens (tertiary/aromatic N) is 3. The van der Waals surface area contributed by atoms with E-state index in [-0.39, 0.29) is 12.6 Å². The van der Waals surface area contributed by atoms with Crippen LogP contribution in [-0.2, 0) is 6.54 Å². The van der Waals surface area contributed by atoms with E-state index in [4.69, 9.17) is 14.2 Å². The molecule has 6 nitrogen and oxygen atoms in total. The largest absolute Gasteiger partial charge is 0.497 e. The second kappa shape index (κ2) is 7.23. The molecule has 0 aromatic heterocycles. The summed E-state index contributed by atoms with van der Waals surface area (Å²) < 4.78 is 32.0. The Labute approximate surface area is 183 Å². The lowest BCUT2D eigenvalue weighted by molar-refractivity contribution is 0.174. The second-order valence-corrected chi connectivity index (χ2v) is 7.65. The fourth-order valence-corrected chi connectivity index (χ4v) is 4.10. The summed E-state index contributed by atoms with van der Waals surface area (Å²) in [6.07, 6.45) is 2.04. The van der Waals surface area contributed by atoms with Gasteiger partial charge in [-0.3, -0.25) is 0 Å². The van der Waals surface area contributed by atoms with Crippen molar-refractivity contribution in [2.75, 3.05) is 13.9 Å². The first-order valence-electron chi connectivity index (χ1n) is 10.2. The predicted molar refractivity (Wildman–Crippen MR) is 118 cm³/mol. The Kier molecular flexibility index (Phi) is 4.21. The molecule has 0 amide bonds. The lowest BCUT2D eigenvalue weighted by Crippen LogP contribution is -2.04. The molecule has 3 aliphatic rings. The quantitative estimate of drug-likeness (QED) is 0.398. The second-order valence-electron chi connectivity index (χ2n) is 7.65. The lowest BCUT2D eigenvalue weighted by Gasteiger charge is -2.16. The van der Waals surface area contributed by atoms with Gasteiger partial charge in [-0.05, 0) is 48.0 Å². The summed E-state index contributed by atoms with van der Waals surface area (Å²) in [6.45, 7) is 0.746. The average molecular weight is 427 g/mol. The molecule has 6 rings (SSSR count). The van der Waals surface area contributed by atoms with Crippen LogP contribution < -0.4 is 14.2 Å². The Morgan fingerprint density at radius 2 is 1.66 bits per heavy atom. The normalized spacial score (nSPS) is 12.6. The molecule has 0 N–H and O–H groups in total. The molecule has 3 aromatic carbocycles. The fraction of sp³-hybridized carbons (Fsp3) is 0.120. The number of hydrogen-bond donors (Lipinski definition) is 0. The Balaban J connectivity index is 1.56. The molecule has 7 heteroatoms. The van der Waals surface area contributed by atoms with Gasteiger partial charge in [0.2, 0.25) is 6.79 Å². The molecular weight excluding hydrogens is 409 g/mol. The Morgan fingerprint density at radius 3 is 2.41 bits per heavy atom. The highest BCUT2D eigenvalue weighted by molar-refractivity contribution is 5.99. The van der Waals surface area contributed by atoms with Crippen molar-refractivity contribution in [3.63, 3.8) is 0 Å². The first kappa shape index (κ1) is 18.6. The molecule has 0 spiro atoms. The highest BCUT2D eigenvalue weighted by Gasteiger charge is 2.24. The third-order valence-electron chi connectivity index (χ3n) is 5.73. The highest BCUT2D eigenvalue weighted by atomic mass is 19.1. The minimum absolute atomic E-state index is 0.191. The van der Waals surface area contributed by atoms with E-state index in [9.17, 15) is 4.39 Å². The van der Waals surface area contributed by atoms with Crippen molar-refractivity contribution in [2.24, 2.45) is 0 Å². The van der Waals surface area contributed by atoms with E-state index in [1.165, 1.54) is 12.1 Å². The summed E-state index contributed by atoms with van der Waals surface area (Å²) in [7, 11) is 1.64. The zero-order valence-corrected chi connectivity index (χ0v) is 17.2. The number of benzene rings is 3. The van der Waals surface area contributed by atoms with Gasteiger partial charge >= 0.3 is 0 Å². The summed E-state index contributed by atoms with van der Waals surface area (Å²) in [5.41, 5.74) is 5.36. The van der Waals surface area contributed by atoms with Crippen molar-refractivity contribution in [3.05, 3.63) is 78.2 Å². The zero-order chi connectivity index (χ0) is 21.7. The van der Waals surface area contributed by atoms with Gasteiger partial charge in [-0.25, -0.2) is 4.39 Å². The van der Waals surface area contributed by atoms with Gasteiger partial charge in [0.1, 0.15) is 23.0 Å². The van der Waals surface area contributed by atoms with Crippen LogP contribution in [0.1, 0.15) is 5.56 Å². The minimum Gasteiger partial charge on any atom is -0.497 e. The topological polar surface area (TPSA) is 58.4 Å². The summed E-state index contributed by atoms with van der Waals surface area (Å²) in [6, 6.07) is 18.2. The molecule has 0 atom stereocenters. The van der Waals surface area contributed by atoms with E-state index in [1.54, 1.807) is 19.2 Å².